The van der Waals surface area contributed by atoms with E-state index >= 15 is 0 Å². The second-order valence-corrected chi connectivity index (χ2v) is 4.59. The van der Waals surface area contributed by atoms with Crippen LogP contribution in [0, 0.1) is 17.2 Å². The molecule has 1 unspecified atom stereocenters. The summed E-state index contributed by atoms with van der Waals surface area (Å²) >= 11 is 0. The summed E-state index contributed by atoms with van der Waals surface area (Å²) in [7, 11) is 1.60. The number of para-hydroxylation sites is 1. The second kappa shape index (κ2) is 7.11. The molecule has 0 saturated heterocycles. The summed E-state index contributed by atoms with van der Waals surface area (Å²) < 4.78 is 5.08. The molecule has 1 amide bonds. The molecule has 4 heteroatoms. The molecular weight excluding hydrogens is 264 g/mol. The molecule has 0 aliphatic rings. The Bertz CT molecular complexity index is 630. The quantitative estimate of drug-likeness (QED) is 0.915. The second-order valence-electron chi connectivity index (χ2n) is 4.59. The summed E-state index contributed by atoms with van der Waals surface area (Å²) in [6.45, 7) is 0. The van der Waals surface area contributed by atoms with E-state index < -0.39 is 5.92 Å². The Hall–Kier alpha value is -2.80. The summed E-state index contributed by atoms with van der Waals surface area (Å²) in [4.78, 5) is 12.1. The lowest BCUT2D eigenvalue weighted by Gasteiger charge is -2.10. The molecule has 0 aromatic heterocycles. The van der Waals surface area contributed by atoms with Gasteiger partial charge in [0.25, 0.3) is 0 Å². The Morgan fingerprint density at radius 2 is 1.86 bits per heavy atom. The number of hydrogen-bond acceptors (Lipinski definition) is 3. The van der Waals surface area contributed by atoms with E-state index in [1.54, 1.807) is 19.2 Å². The van der Waals surface area contributed by atoms with Gasteiger partial charge < -0.3 is 10.1 Å². The van der Waals surface area contributed by atoms with E-state index in [-0.39, 0.29) is 5.91 Å². The first kappa shape index (κ1) is 14.6. The number of carbonyl (C=O) groups excluding carboxylic acids is 1. The number of nitrogens with one attached hydrogen (secondary N) is 1. The van der Waals surface area contributed by atoms with Crippen LogP contribution in [0.2, 0.25) is 0 Å². The van der Waals surface area contributed by atoms with Crippen LogP contribution in [0.25, 0.3) is 0 Å². The number of methoxy groups -OCH3 is 1. The van der Waals surface area contributed by atoms with Crippen LogP contribution in [-0.4, -0.2) is 13.0 Å². The first-order valence-corrected chi connectivity index (χ1v) is 6.61. The maximum Gasteiger partial charge on any atom is 0.242 e. The SMILES string of the molecule is COc1ccc(CC(C#N)C(=O)Nc2ccccc2)cc1. The van der Waals surface area contributed by atoms with Gasteiger partial charge in [-0.1, -0.05) is 30.3 Å². The average molecular weight is 280 g/mol. The van der Waals surface area contributed by atoms with Gasteiger partial charge in [-0.05, 0) is 36.2 Å². The number of hydrogen-bond donors (Lipinski definition) is 1. The molecule has 1 N–H and O–H groups in total. The van der Waals surface area contributed by atoms with Crippen molar-refractivity contribution in [3.8, 4) is 11.8 Å². The van der Waals surface area contributed by atoms with Gasteiger partial charge in [0.2, 0.25) is 5.91 Å². The van der Waals surface area contributed by atoms with Crippen molar-refractivity contribution in [3.05, 3.63) is 60.2 Å². The lowest BCUT2D eigenvalue weighted by atomic mass is 9.99. The zero-order chi connectivity index (χ0) is 15.1. The van der Waals surface area contributed by atoms with Crippen LogP contribution in [0.4, 0.5) is 5.69 Å². The lowest BCUT2D eigenvalue weighted by molar-refractivity contribution is -0.118. The third kappa shape index (κ3) is 4.08. The Morgan fingerprint density at radius 3 is 2.43 bits per heavy atom. The van der Waals surface area contributed by atoms with Gasteiger partial charge in [-0.15, -0.1) is 0 Å². The fraction of sp³-hybridized carbons (Fsp3) is 0.176. The highest BCUT2D eigenvalue weighted by Crippen LogP contribution is 2.16. The molecule has 0 bridgehead atoms. The van der Waals surface area contributed by atoms with E-state index in [0.717, 1.165) is 11.3 Å². The van der Waals surface area contributed by atoms with E-state index in [1.807, 2.05) is 42.5 Å². The highest BCUT2D eigenvalue weighted by Gasteiger charge is 2.18. The summed E-state index contributed by atoms with van der Waals surface area (Å²) in [6, 6.07) is 18.5. The number of benzene rings is 2. The average Bonchev–Trinajstić information content (AvgIpc) is 2.54. The van der Waals surface area contributed by atoms with E-state index in [4.69, 9.17) is 4.74 Å². The Labute approximate surface area is 124 Å². The predicted molar refractivity (Wildman–Crippen MR) is 80.9 cm³/mol. The van der Waals surface area contributed by atoms with Crippen molar-refractivity contribution in [2.24, 2.45) is 5.92 Å². The molecular formula is C17H16N2O2. The van der Waals surface area contributed by atoms with E-state index in [0.29, 0.717) is 12.1 Å². The van der Waals surface area contributed by atoms with Crippen molar-refractivity contribution in [2.75, 3.05) is 12.4 Å². The lowest BCUT2D eigenvalue weighted by Crippen LogP contribution is -2.23. The van der Waals surface area contributed by atoms with Crippen LogP contribution in [0.5, 0.6) is 5.75 Å². The minimum absolute atomic E-state index is 0.292. The molecule has 21 heavy (non-hydrogen) atoms. The van der Waals surface area contributed by atoms with Gasteiger partial charge in [-0.2, -0.15) is 5.26 Å². The molecule has 0 saturated carbocycles. The smallest absolute Gasteiger partial charge is 0.242 e. The largest absolute Gasteiger partial charge is 0.497 e. The third-order valence-corrected chi connectivity index (χ3v) is 3.11. The predicted octanol–water partition coefficient (Wildman–Crippen LogP) is 3.02. The van der Waals surface area contributed by atoms with Crippen molar-refractivity contribution in [1.29, 1.82) is 5.26 Å². The number of amides is 1. The molecule has 0 spiro atoms. The summed E-state index contributed by atoms with van der Waals surface area (Å²) in [5.74, 6) is -0.265. The maximum atomic E-state index is 12.1. The first-order chi connectivity index (χ1) is 10.2. The zero-order valence-electron chi connectivity index (χ0n) is 11.7. The molecule has 106 valence electrons. The molecule has 4 nitrogen and oxygen atoms in total. The molecule has 2 aromatic carbocycles. The minimum Gasteiger partial charge on any atom is -0.497 e. The van der Waals surface area contributed by atoms with E-state index in [1.165, 1.54) is 0 Å². The normalized spacial score (nSPS) is 11.2. The molecule has 2 rings (SSSR count). The minimum atomic E-state index is -0.724. The number of carbonyl (C=O) groups is 1. The number of rotatable bonds is 5. The highest BCUT2D eigenvalue weighted by molar-refractivity contribution is 5.94. The molecule has 0 aliphatic carbocycles. The molecule has 0 radical (unpaired) electrons. The molecule has 0 aliphatic heterocycles. The summed E-state index contributed by atoms with van der Waals surface area (Å²) in [5.41, 5.74) is 1.61. The van der Waals surface area contributed by atoms with Gasteiger partial charge in [0.1, 0.15) is 11.7 Å². The first-order valence-electron chi connectivity index (χ1n) is 6.61. The number of ether oxygens (including phenoxy) is 1. The Kier molecular flexibility index (Phi) is 4.94. The van der Waals surface area contributed by atoms with Crippen LogP contribution >= 0.6 is 0 Å². The third-order valence-electron chi connectivity index (χ3n) is 3.11. The molecule has 0 heterocycles. The van der Waals surface area contributed by atoms with Crippen molar-refractivity contribution < 1.29 is 9.53 Å². The van der Waals surface area contributed by atoms with Gasteiger partial charge in [0.15, 0.2) is 0 Å². The van der Waals surface area contributed by atoms with Crippen molar-refractivity contribution in [2.45, 2.75) is 6.42 Å². The molecule has 1 atom stereocenters. The van der Waals surface area contributed by atoms with Gasteiger partial charge in [0.05, 0.1) is 13.2 Å². The Morgan fingerprint density at radius 1 is 1.19 bits per heavy atom. The topological polar surface area (TPSA) is 62.1 Å². The zero-order valence-corrected chi connectivity index (χ0v) is 11.7. The van der Waals surface area contributed by atoms with Crippen molar-refractivity contribution in [1.82, 2.24) is 0 Å². The van der Waals surface area contributed by atoms with Crippen LogP contribution in [-0.2, 0) is 11.2 Å². The number of nitrogens with zero attached hydrogens (tertiary/aromatic N) is 1. The fourth-order valence-electron chi connectivity index (χ4n) is 1.95. The monoisotopic (exact) mass is 280 g/mol. The number of nitriles is 1. The van der Waals surface area contributed by atoms with Gasteiger partial charge in [-0.3, -0.25) is 4.79 Å². The van der Waals surface area contributed by atoms with E-state index in [9.17, 15) is 10.1 Å². The highest BCUT2D eigenvalue weighted by atomic mass is 16.5. The van der Waals surface area contributed by atoms with E-state index in [2.05, 4.69) is 11.4 Å². The summed E-state index contributed by atoms with van der Waals surface area (Å²) in [5, 5.41) is 12.0. The molecule has 0 fully saturated rings. The fourth-order valence-corrected chi connectivity index (χ4v) is 1.95. The van der Waals surface area contributed by atoms with Gasteiger partial charge in [-0.25, -0.2) is 0 Å². The Balaban J connectivity index is 2.02. The summed E-state index contributed by atoms with van der Waals surface area (Å²) in [6.07, 6.45) is 0.374. The van der Waals surface area contributed by atoms with Crippen LogP contribution < -0.4 is 10.1 Å². The van der Waals surface area contributed by atoms with Gasteiger partial charge >= 0.3 is 0 Å². The van der Waals surface area contributed by atoms with Gasteiger partial charge in [0, 0.05) is 5.69 Å². The molecule has 2 aromatic rings. The number of anilines is 1. The van der Waals surface area contributed by atoms with Crippen molar-refractivity contribution >= 4 is 11.6 Å². The van der Waals surface area contributed by atoms with Crippen LogP contribution in [0.15, 0.2) is 54.6 Å². The standard InChI is InChI=1S/C17H16N2O2/c1-21-16-9-7-13(8-10-16)11-14(12-18)17(20)19-15-5-3-2-4-6-15/h2-10,14H,11H2,1H3,(H,19,20). The maximum absolute atomic E-state index is 12.1. The van der Waals surface area contributed by atoms with Crippen molar-refractivity contribution in [3.63, 3.8) is 0 Å². The van der Waals surface area contributed by atoms with Crippen LogP contribution in [0.1, 0.15) is 5.56 Å². The van der Waals surface area contributed by atoms with Crippen LogP contribution in [0.3, 0.4) is 0 Å².